The van der Waals surface area contributed by atoms with Crippen molar-refractivity contribution in [3.05, 3.63) is 72.6 Å². The van der Waals surface area contributed by atoms with Gasteiger partial charge in [-0.1, -0.05) is 0 Å². The second-order valence-electron chi connectivity index (χ2n) is 8.86. The Labute approximate surface area is 228 Å². The van der Waals surface area contributed by atoms with Crippen LogP contribution in [0.2, 0.25) is 0 Å². The molecule has 5 rings (SSSR count). The lowest BCUT2D eigenvalue weighted by Crippen LogP contribution is -2.31. The number of hydrogen-bond donors (Lipinski definition) is 3. The van der Waals surface area contributed by atoms with E-state index < -0.39 is 21.8 Å². The first-order valence-electron chi connectivity index (χ1n) is 12.3. The van der Waals surface area contributed by atoms with Crippen LogP contribution in [0.15, 0.2) is 71.9 Å². The van der Waals surface area contributed by atoms with Crippen LogP contribution in [0.1, 0.15) is 24.8 Å². The van der Waals surface area contributed by atoms with E-state index in [-0.39, 0.29) is 22.7 Å². The number of hydrogen-bond acceptors (Lipinski definition) is 10. The highest BCUT2D eigenvalue weighted by Crippen LogP contribution is 2.30. The standard InChI is InChI=1S/C25H24F3N9O2S/c26-25(27,28)17-5-7-18(8-6-17)31-22-33-23(35-24(34-22)37-15-2-1-3-16-37)32-19-9-11-20(12-10-19)40(38,39)36-21-29-13-4-14-30-21/h4-14H,1-3,15-16H2,(H,29,30,36)(H2,31,32,33,34,35). The average molecular weight is 572 g/mol. The third-order valence-corrected chi connectivity index (χ3v) is 7.29. The molecule has 0 atom stereocenters. The smallest absolute Gasteiger partial charge is 0.341 e. The zero-order valence-corrected chi connectivity index (χ0v) is 21.7. The Kier molecular flexibility index (Phi) is 7.64. The summed E-state index contributed by atoms with van der Waals surface area (Å²) >= 11 is 0. The van der Waals surface area contributed by atoms with Crippen molar-refractivity contribution in [2.24, 2.45) is 0 Å². The van der Waals surface area contributed by atoms with Crippen molar-refractivity contribution in [1.29, 1.82) is 0 Å². The number of anilines is 6. The molecule has 3 N–H and O–H groups in total. The minimum atomic E-state index is -4.44. The lowest BCUT2D eigenvalue weighted by atomic mass is 10.1. The summed E-state index contributed by atoms with van der Waals surface area (Å²) in [5, 5.41) is 5.99. The Morgan fingerprint density at radius 2 is 1.27 bits per heavy atom. The second kappa shape index (κ2) is 11.3. The molecule has 0 bridgehead atoms. The van der Waals surface area contributed by atoms with Crippen molar-refractivity contribution in [2.45, 2.75) is 30.3 Å². The van der Waals surface area contributed by atoms with Gasteiger partial charge in [0.1, 0.15) is 0 Å². The Morgan fingerprint density at radius 1 is 0.725 bits per heavy atom. The molecule has 1 aliphatic rings. The number of aromatic nitrogens is 5. The number of piperidine rings is 1. The maximum atomic E-state index is 12.9. The van der Waals surface area contributed by atoms with Gasteiger partial charge < -0.3 is 15.5 Å². The van der Waals surface area contributed by atoms with Crippen LogP contribution in [0.4, 0.5) is 48.3 Å². The molecule has 15 heteroatoms. The van der Waals surface area contributed by atoms with E-state index in [0.717, 1.165) is 44.5 Å². The lowest BCUT2D eigenvalue weighted by Gasteiger charge is -2.27. The summed E-state index contributed by atoms with van der Waals surface area (Å²) in [6.07, 6.45) is 1.47. The van der Waals surface area contributed by atoms with Crippen LogP contribution in [0.3, 0.4) is 0 Å². The molecule has 2 aromatic carbocycles. The van der Waals surface area contributed by atoms with Crippen LogP contribution in [0, 0.1) is 0 Å². The Balaban J connectivity index is 1.37. The monoisotopic (exact) mass is 571 g/mol. The highest BCUT2D eigenvalue weighted by molar-refractivity contribution is 7.92. The highest BCUT2D eigenvalue weighted by Gasteiger charge is 2.30. The lowest BCUT2D eigenvalue weighted by molar-refractivity contribution is -0.137. The van der Waals surface area contributed by atoms with Gasteiger partial charge in [-0.15, -0.1) is 0 Å². The SMILES string of the molecule is O=S(=O)(Nc1ncccn1)c1ccc(Nc2nc(Nc3ccc(C(F)(F)F)cc3)nc(N3CCCCC3)n2)cc1. The van der Waals surface area contributed by atoms with Crippen LogP contribution in [-0.2, 0) is 16.2 Å². The van der Waals surface area contributed by atoms with Gasteiger partial charge in [0.05, 0.1) is 10.5 Å². The van der Waals surface area contributed by atoms with Crippen LogP contribution in [0.5, 0.6) is 0 Å². The maximum Gasteiger partial charge on any atom is 0.416 e. The summed E-state index contributed by atoms with van der Waals surface area (Å²) in [6, 6.07) is 12.0. The van der Waals surface area contributed by atoms with Gasteiger partial charge in [0.25, 0.3) is 10.0 Å². The van der Waals surface area contributed by atoms with Gasteiger partial charge in [0.2, 0.25) is 23.8 Å². The minimum absolute atomic E-state index is 0.000171. The first-order valence-corrected chi connectivity index (χ1v) is 13.8. The predicted molar refractivity (Wildman–Crippen MR) is 143 cm³/mol. The molecule has 2 aromatic heterocycles. The van der Waals surface area contributed by atoms with Crippen molar-refractivity contribution >= 4 is 45.2 Å². The second-order valence-corrected chi connectivity index (χ2v) is 10.5. The first-order chi connectivity index (χ1) is 19.2. The third kappa shape index (κ3) is 6.72. The van der Waals surface area contributed by atoms with Gasteiger partial charge in [-0.05, 0) is 73.9 Å². The summed E-state index contributed by atoms with van der Waals surface area (Å²) in [6.45, 7) is 1.52. The summed E-state index contributed by atoms with van der Waals surface area (Å²) < 4.78 is 66.5. The van der Waals surface area contributed by atoms with E-state index in [1.165, 1.54) is 36.7 Å². The van der Waals surface area contributed by atoms with Crippen LogP contribution in [0.25, 0.3) is 0 Å². The summed E-state index contributed by atoms with van der Waals surface area (Å²) in [5.74, 6) is 0.687. The summed E-state index contributed by atoms with van der Waals surface area (Å²) in [4.78, 5) is 23.1. The molecule has 40 heavy (non-hydrogen) atoms. The molecule has 208 valence electrons. The Morgan fingerprint density at radius 3 is 1.82 bits per heavy atom. The molecule has 0 unspecified atom stereocenters. The molecule has 3 heterocycles. The molecule has 11 nitrogen and oxygen atoms in total. The highest BCUT2D eigenvalue weighted by atomic mass is 32.2. The molecule has 1 saturated heterocycles. The molecule has 0 amide bonds. The third-order valence-electron chi connectivity index (χ3n) is 5.94. The van der Waals surface area contributed by atoms with Gasteiger partial charge in [-0.3, -0.25) is 0 Å². The topological polar surface area (TPSA) is 138 Å². The van der Waals surface area contributed by atoms with Crippen LogP contribution in [-0.4, -0.2) is 46.4 Å². The normalized spacial score (nSPS) is 14.0. The quantitative estimate of drug-likeness (QED) is 0.266. The predicted octanol–water partition coefficient (Wildman–Crippen LogP) is 4.96. The number of rotatable bonds is 8. The molecule has 0 aliphatic carbocycles. The molecule has 1 aliphatic heterocycles. The van der Waals surface area contributed by atoms with Gasteiger partial charge in [-0.2, -0.15) is 28.1 Å². The van der Waals surface area contributed by atoms with E-state index in [4.69, 9.17) is 0 Å². The molecule has 1 fully saturated rings. The zero-order valence-electron chi connectivity index (χ0n) is 20.9. The van der Waals surface area contributed by atoms with Crippen molar-refractivity contribution in [3.8, 4) is 0 Å². The number of halogens is 3. The van der Waals surface area contributed by atoms with Crippen LogP contribution >= 0.6 is 0 Å². The molecule has 0 spiro atoms. The number of nitrogens with zero attached hydrogens (tertiary/aromatic N) is 6. The maximum absolute atomic E-state index is 12.9. The number of nitrogens with one attached hydrogen (secondary N) is 3. The van der Waals surface area contributed by atoms with E-state index >= 15 is 0 Å². The number of benzene rings is 2. The fourth-order valence-corrected chi connectivity index (χ4v) is 4.92. The zero-order chi connectivity index (χ0) is 28.2. The Bertz CT molecular complexity index is 1550. The number of alkyl halides is 3. The summed E-state index contributed by atoms with van der Waals surface area (Å²) in [5.41, 5.74) is 0.118. The van der Waals surface area contributed by atoms with Gasteiger partial charge in [-0.25, -0.2) is 23.1 Å². The minimum Gasteiger partial charge on any atom is -0.341 e. The molecular weight excluding hydrogens is 547 g/mol. The largest absolute Gasteiger partial charge is 0.416 e. The molecule has 0 saturated carbocycles. The fourth-order valence-electron chi connectivity index (χ4n) is 3.96. The van der Waals surface area contributed by atoms with Crippen molar-refractivity contribution in [2.75, 3.05) is 33.3 Å². The van der Waals surface area contributed by atoms with Crippen molar-refractivity contribution < 1.29 is 21.6 Å². The fraction of sp³-hybridized carbons (Fsp3) is 0.240. The summed E-state index contributed by atoms with van der Waals surface area (Å²) in [7, 11) is -3.91. The van der Waals surface area contributed by atoms with E-state index in [2.05, 4.69) is 40.3 Å². The van der Waals surface area contributed by atoms with Gasteiger partial charge in [0.15, 0.2) is 0 Å². The first kappa shape index (κ1) is 27.1. The van der Waals surface area contributed by atoms with E-state index in [9.17, 15) is 21.6 Å². The van der Waals surface area contributed by atoms with Crippen molar-refractivity contribution in [1.82, 2.24) is 24.9 Å². The molecular formula is C25H24F3N9O2S. The molecule has 0 radical (unpaired) electrons. The molecule has 4 aromatic rings. The van der Waals surface area contributed by atoms with Gasteiger partial charge >= 0.3 is 6.18 Å². The Hall–Kier alpha value is -4.53. The van der Waals surface area contributed by atoms with E-state index in [1.807, 2.05) is 4.90 Å². The van der Waals surface area contributed by atoms with Crippen LogP contribution < -0.4 is 20.3 Å². The van der Waals surface area contributed by atoms with E-state index in [0.29, 0.717) is 17.3 Å². The average Bonchev–Trinajstić information content (AvgIpc) is 2.94. The van der Waals surface area contributed by atoms with Gasteiger partial charge in [0, 0.05) is 36.9 Å². The number of sulfonamides is 1. The van der Waals surface area contributed by atoms with E-state index in [1.54, 1.807) is 18.2 Å². The van der Waals surface area contributed by atoms with Crippen molar-refractivity contribution in [3.63, 3.8) is 0 Å².